The van der Waals surface area contributed by atoms with E-state index in [2.05, 4.69) is 27.5 Å². The van der Waals surface area contributed by atoms with Crippen LogP contribution in [0.15, 0.2) is 63.3 Å². The average Bonchev–Trinajstić information content (AvgIpc) is 3.05. The molecule has 3 heterocycles. The van der Waals surface area contributed by atoms with Crippen LogP contribution in [0.3, 0.4) is 0 Å². The minimum atomic E-state index is -1.34. The second kappa shape index (κ2) is 8.22. The van der Waals surface area contributed by atoms with E-state index in [-0.39, 0.29) is 24.0 Å². The van der Waals surface area contributed by atoms with Gasteiger partial charge in [-0.25, -0.2) is 23.4 Å². The number of aliphatic imine (C=N–C) groups is 2. The van der Waals surface area contributed by atoms with Gasteiger partial charge in [0, 0.05) is 38.0 Å². The molecule has 5 rings (SSSR count). The smallest absolute Gasteiger partial charge is 0.252 e. The Balaban J connectivity index is 1.46. The topological polar surface area (TPSA) is 89.8 Å². The molecule has 31 heavy (non-hydrogen) atoms. The lowest BCUT2D eigenvalue weighted by Gasteiger charge is -2.31. The quantitative estimate of drug-likeness (QED) is 0.562. The molecule has 3 N–H and O–H groups in total. The summed E-state index contributed by atoms with van der Waals surface area (Å²) >= 11 is 0. The zero-order valence-corrected chi connectivity index (χ0v) is 17.0. The van der Waals surface area contributed by atoms with Crippen LogP contribution in [-0.4, -0.2) is 47.9 Å². The molecule has 0 spiro atoms. The fourth-order valence-corrected chi connectivity index (χ4v) is 4.23. The number of aromatic nitrogens is 2. The van der Waals surface area contributed by atoms with E-state index in [4.69, 9.17) is 15.6 Å². The third-order valence-electron chi connectivity index (χ3n) is 6.01. The first kappa shape index (κ1) is 19.9. The highest BCUT2D eigenvalue weighted by atomic mass is 19.1. The number of fused-ring (bicyclic) bond motifs is 3. The summed E-state index contributed by atoms with van der Waals surface area (Å²) in [6.45, 7) is 2.56. The average molecular weight is 426 g/mol. The largest absolute Gasteiger partial charge is 0.497 e. The van der Waals surface area contributed by atoms with Gasteiger partial charge in [-0.3, -0.25) is 0 Å². The summed E-state index contributed by atoms with van der Waals surface area (Å²) in [5.74, 6) is 0.919. The Hall–Kier alpha value is -3.07. The molecule has 1 fully saturated rings. The van der Waals surface area contributed by atoms with Crippen molar-refractivity contribution >= 4 is 12.3 Å². The molecule has 9 heteroatoms. The molecule has 2 atom stereocenters. The van der Waals surface area contributed by atoms with Crippen LogP contribution in [0.2, 0.25) is 0 Å². The summed E-state index contributed by atoms with van der Waals surface area (Å²) in [6, 6.07) is 0. The number of hydrogen-bond acceptors (Lipinski definition) is 4. The van der Waals surface area contributed by atoms with Gasteiger partial charge in [0.2, 0.25) is 0 Å². The van der Waals surface area contributed by atoms with Crippen molar-refractivity contribution in [1.82, 2.24) is 15.1 Å². The molecule has 4 aliphatic rings. The van der Waals surface area contributed by atoms with Crippen molar-refractivity contribution in [1.29, 1.82) is 0 Å². The van der Waals surface area contributed by atoms with Gasteiger partial charge < -0.3 is 15.8 Å². The van der Waals surface area contributed by atoms with Crippen molar-refractivity contribution in [3.8, 4) is 0 Å². The number of allylic oxidation sites excluding steroid dienone is 6. The van der Waals surface area contributed by atoms with Crippen LogP contribution < -0.4 is 11.1 Å². The second-order valence-electron chi connectivity index (χ2n) is 8.02. The predicted molar refractivity (Wildman–Crippen MR) is 114 cm³/mol. The van der Waals surface area contributed by atoms with Crippen LogP contribution in [0.5, 0.6) is 0 Å². The van der Waals surface area contributed by atoms with Gasteiger partial charge in [-0.1, -0.05) is 12.2 Å². The molecule has 1 saturated heterocycles. The lowest BCUT2D eigenvalue weighted by molar-refractivity contribution is 0.200. The molecule has 0 radical (unpaired) electrons. The van der Waals surface area contributed by atoms with Gasteiger partial charge in [-0.2, -0.15) is 5.10 Å². The van der Waals surface area contributed by atoms with E-state index >= 15 is 0 Å². The van der Waals surface area contributed by atoms with E-state index in [1.165, 1.54) is 16.3 Å². The maximum absolute atomic E-state index is 14.2. The number of nitrogens with zero attached hydrogens (tertiary/aromatic N) is 4. The van der Waals surface area contributed by atoms with Crippen molar-refractivity contribution < 1.29 is 13.5 Å². The number of hydrogen-bond donors (Lipinski definition) is 2. The lowest BCUT2D eigenvalue weighted by atomic mass is 9.84. The Morgan fingerprint density at radius 3 is 2.94 bits per heavy atom. The van der Waals surface area contributed by atoms with Gasteiger partial charge >= 0.3 is 0 Å². The van der Waals surface area contributed by atoms with Gasteiger partial charge in [-0.15, -0.1) is 0 Å². The maximum Gasteiger partial charge on any atom is 0.252 e. The van der Waals surface area contributed by atoms with E-state index in [0.717, 1.165) is 48.9 Å². The highest BCUT2D eigenvalue weighted by Crippen LogP contribution is 2.39. The molecular formula is C22H24F2N6O. The lowest BCUT2D eigenvalue weighted by Crippen LogP contribution is -2.43. The van der Waals surface area contributed by atoms with Crippen molar-refractivity contribution in [2.75, 3.05) is 19.7 Å². The van der Waals surface area contributed by atoms with Crippen LogP contribution in [-0.2, 0) is 11.2 Å². The number of halogens is 2. The first-order valence-electron chi connectivity index (χ1n) is 10.5. The van der Waals surface area contributed by atoms with Gasteiger partial charge in [0.25, 0.3) is 5.96 Å². The third kappa shape index (κ3) is 3.85. The number of alkyl halides is 1. The summed E-state index contributed by atoms with van der Waals surface area (Å²) in [5, 5.41) is 8.04. The summed E-state index contributed by atoms with van der Waals surface area (Å²) in [4.78, 5) is 8.34. The fraction of sp³-hybridized carbons (Fsp3) is 0.409. The normalized spacial score (nSPS) is 26.6. The number of rotatable bonds is 2. The molecule has 162 valence electrons. The summed E-state index contributed by atoms with van der Waals surface area (Å²) in [6.07, 6.45) is 9.92. The maximum atomic E-state index is 14.2. The highest BCUT2D eigenvalue weighted by Gasteiger charge is 2.32. The Morgan fingerprint density at radius 2 is 2.19 bits per heavy atom. The molecule has 2 unspecified atom stereocenters. The van der Waals surface area contributed by atoms with E-state index in [9.17, 15) is 8.78 Å². The Bertz CT molecular complexity index is 1060. The van der Waals surface area contributed by atoms with Crippen LogP contribution >= 0.6 is 0 Å². The van der Waals surface area contributed by atoms with Crippen LogP contribution in [0.1, 0.15) is 30.0 Å². The molecule has 2 aliphatic carbocycles. The van der Waals surface area contributed by atoms with E-state index in [1.54, 1.807) is 0 Å². The summed E-state index contributed by atoms with van der Waals surface area (Å²) in [7, 11) is 0. The van der Waals surface area contributed by atoms with E-state index in [0.29, 0.717) is 18.9 Å². The molecule has 0 amide bonds. The summed E-state index contributed by atoms with van der Waals surface area (Å²) < 4.78 is 35.1. The number of ether oxygens (including phenoxy) is 1. The monoisotopic (exact) mass is 426 g/mol. The van der Waals surface area contributed by atoms with Gasteiger partial charge in [0.1, 0.15) is 17.8 Å². The minimum absolute atomic E-state index is 0.0245. The first-order valence-corrected chi connectivity index (χ1v) is 10.5. The van der Waals surface area contributed by atoms with E-state index in [1.807, 2.05) is 6.20 Å². The van der Waals surface area contributed by atoms with Crippen molar-refractivity contribution in [2.45, 2.75) is 31.4 Å². The minimum Gasteiger partial charge on any atom is -0.497 e. The number of nitrogens with one attached hydrogen (secondary N) is 1. The molecule has 0 saturated carbocycles. The zero-order valence-electron chi connectivity index (χ0n) is 17.0. The SMILES string of the molecule is NC=NC(=NC1=CCC(F)C=C1F)n1cc2c(n1)C1CC=C(C3CNC3)C=C1OCC2. The Labute approximate surface area is 178 Å². The molecule has 1 aromatic heterocycles. The standard InChI is InChI=1S/C22H24F2N6O/c23-16-2-4-19(18(24)8-16)28-22(27-12-25)30-11-14-5-6-31-20-7-13(15-9-26-10-15)1-3-17(20)21(14)29-30/h1,4,7-8,11-12,15-17,26H,2-3,5-6,9-10H2,(H2,25,27,28). The van der Waals surface area contributed by atoms with E-state index < -0.39 is 12.0 Å². The predicted octanol–water partition coefficient (Wildman–Crippen LogP) is 2.64. The Morgan fingerprint density at radius 1 is 1.32 bits per heavy atom. The highest BCUT2D eigenvalue weighted by molar-refractivity contribution is 5.89. The molecule has 2 aliphatic heterocycles. The molecular weight excluding hydrogens is 402 g/mol. The molecule has 0 bridgehead atoms. The van der Waals surface area contributed by atoms with Crippen LogP contribution in [0.25, 0.3) is 0 Å². The van der Waals surface area contributed by atoms with Gasteiger partial charge in [0.15, 0.2) is 0 Å². The zero-order chi connectivity index (χ0) is 21.4. The second-order valence-corrected chi connectivity index (χ2v) is 8.02. The fourth-order valence-electron chi connectivity index (χ4n) is 4.23. The number of nitrogens with two attached hydrogens (primary N) is 1. The molecule has 7 nitrogen and oxygen atoms in total. The van der Waals surface area contributed by atoms with Gasteiger partial charge in [0.05, 0.1) is 30.3 Å². The summed E-state index contributed by atoms with van der Waals surface area (Å²) in [5.41, 5.74) is 8.79. The van der Waals surface area contributed by atoms with Crippen LogP contribution in [0, 0.1) is 5.92 Å². The van der Waals surface area contributed by atoms with Crippen molar-refractivity contribution in [3.05, 3.63) is 64.6 Å². The van der Waals surface area contributed by atoms with Crippen LogP contribution in [0.4, 0.5) is 8.78 Å². The Kier molecular flexibility index (Phi) is 5.27. The van der Waals surface area contributed by atoms with Gasteiger partial charge in [-0.05, 0) is 29.7 Å². The van der Waals surface area contributed by atoms with Crippen molar-refractivity contribution in [3.63, 3.8) is 0 Å². The first-order chi connectivity index (χ1) is 15.1. The third-order valence-corrected chi connectivity index (χ3v) is 6.01. The molecule has 0 aromatic carbocycles. The van der Waals surface area contributed by atoms with Crippen molar-refractivity contribution in [2.24, 2.45) is 21.6 Å². The molecule has 1 aromatic rings.